The minimum absolute atomic E-state index is 0.0930. The summed E-state index contributed by atoms with van der Waals surface area (Å²) in [6.07, 6.45) is 2.83. The van der Waals surface area contributed by atoms with Crippen molar-refractivity contribution in [1.29, 1.82) is 0 Å². The number of hydrogen-bond donors (Lipinski definition) is 1. The number of hydrogen-bond acceptors (Lipinski definition) is 5. The summed E-state index contributed by atoms with van der Waals surface area (Å²) in [5, 5.41) is 7.17. The van der Waals surface area contributed by atoms with Crippen molar-refractivity contribution in [2.24, 2.45) is 0 Å². The van der Waals surface area contributed by atoms with Gasteiger partial charge in [0.2, 0.25) is 10.0 Å². The summed E-state index contributed by atoms with van der Waals surface area (Å²) in [7, 11) is -3.56. The van der Waals surface area contributed by atoms with E-state index in [1.807, 2.05) is 5.38 Å². The monoisotopic (exact) mass is 449 g/mol. The Hall–Kier alpha value is -1.74. The van der Waals surface area contributed by atoms with Crippen LogP contribution in [0.5, 0.6) is 0 Å². The maximum atomic E-state index is 12.9. The molecule has 1 unspecified atom stereocenters. The zero-order chi connectivity index (χ0) is 21.6. The molecule has 1 atom stereocenters. The first-order valence-corrected chi connectivity index (χ1v) is 13.0. The molecule has 1 saturated heterocycles. The van der Waals surface area contributed by atoms with Crippen LogP contribution in [0.1, 0.15) is 55.1 Å². The van der Waals surface area contributed by atoms with Crippen LogP contribution in [-0.4, -0.2) is 56.3 Å². The molecule has 0 radical (unpaired) electrons. The molecule has 3 rings (SSSR count). The predicted molar refractivity (Wildman–Crippen MR) is 121 cm³/mol. The van der Waals surface area contributed by atoms with Crippen molar-refractivity contribution in [3.05, 3.63) is 52.2 Å². The van der Waals surface area contributed by atoms with Crippen LogP contribution in [0.25, 0.3) is 0 Å². The zero-order valence-electron chi connectivity index (χ0n) is 17.7. The molecule has 0 aliphatic carbocycles. The van der Waals surface area contributed by atoms with E-state index in [0.29, 0.717) is 25.2 Å². The van der Waals surface area contributed by atoms with E-state index in [4.69, 9.17) is 0 Å². The van der Waals surface area contributed by atoms with Crippen molar-refractivity contribution in [2.75, 3.05) is 32.7 Å². The SMILES string of the molecule is CCN(CC)C(CNC(=O)c1cccc(S(=O)(=O)N2CCCCC2)c1)c1ccsc1. The van der Waals surface area contributed by atoms with Gasteiger partial charge in [0.25, 0.3) is 5.91 Å². The summed E-state index contributed by atoms with van der Waals surface area (Å²) in [4.78, 5) is 15.3. The Bertz CT molecular complexity index is 919. The van der Waals surface area contributed by atoms with Crippen LogP contribution >= 0.6 is 11.3 Å². The van der Waals surface area contributed by atoms with E-state index in [9.17, 15) is 13.2 Å². The number of rotatable bonds is 9. The lowest BCUT2D eigenvalue weighted by atomic mass is 10.1. The Morgan fingerprint density at radius 3 is 2.53 bits per heavy atom. The summed E-state index contributed by atoms with van der Waals surface area (Å²) >= 11 is 1.64. The standard InChI is InChI=1S/C22H31N3O3S2/c1-3-24(4-2)21(19-11-14-29-17-19)16-23-22(26)18-9-8-10-20(15-18)30(27,28)25-12-6-5-7-13-25/h8-11,14-15,17,21H,3-7,12-13,16H2,1-2H3,(H,23,26). The van der Waals surface area contributed by atoms with E-state index in [1.165, 1.54) is 15.9 Å². The van der Waals surface area contributed by atoms with Crippen molar-refractivity contribution >= 4 is 27.3 Å². The van der Waals surface area contributed by atoms with Gasteiger partial charge in [-0.05, 0) is 66.5 Å². The van der Waals surface area contributed by atoms with E-state index in [1.54, 1.807) is 29.5 Å². The fourth-order valence-electron chi connectivity index (χ4n) is 3.93. The third-order valence-electron chi connectivity index (χ3n) is 5.69. The molecule has 1 aromatic heterocycles. The number of piperidine rings is 1. The van der Waals surface area contributed by atoms with Crippen LogP contribution in [0.2, 0.25) is 0 Å². The van der Waals surface area contributed by atoms with Crippen LogP contribution in [-0.2, 0) is 10.0 Å². The van der Waals surface area contributed by atoms with Crippen molar-refractivity contribution in [3.8, 4) is 0 Å². The molecule has 164 valence electrons. The molecule has 0 spiro atoms. The highest BCUT2D eigenvalue weighted by Gasteiger charge is 2.27. The van der Waals surface area contributed by atoms with Gasteiger partial charge in [-0.2, -0.15) is 15.6 Å². The number of thiophene rings is 1. The molecule has 1 aromatic carbocycles. The summed E-state index contributed by atoms with van der Waals surface area (Å²) in [6, 6.07) is 8.57. The molecule has 0 bridgehead atoms. The Morgan fingerprint density at radius 1 is 1.17 bits per heavy atom. The molecular weight excluding hydrogens is 418 g/mol. The Kier molecular flexibility index (Phi) is 8.05. The largest absolute Gasteiger partial charge is 0.350 e. The van der Waals surface area contributed by atoms with Gasteiger partial charge in [-0.15, -0.1) is 0 Å². The van der Waals surface area contributed by atoms with Crippen molar-refractivity contribution < 1.29 is 13.2 Å². The first kappa shape index (κ1) is 22.9. The van der Waals surface area contributed by atoms with Gasteiger partial charge in [-0.3, -0.25) is 9.69 Å². The normalized spacial score (nSPS) is 16.5. The minimum Gasteiger partial charge on any atom is -0.350 e. The van der Waals surface area contributed by atoms with Gasteiger partial charge in [-0.1, -0.05) is 26.3 Å². The van der Waals surface area contributed by atoms with E-state index >= 15 is 0 Å². The van der Waals surface area contributed by atoms with E-state index < -0.39 is 10.0 Å². The molecule has 1 aliphatic rings. The number of nitrogens with one attached hydrogen (secondary N) is 1. The highest BCUT2D eigenvalue weighted by atomic mass is 32.2. The fourth-order valence-corrected chi connectivity index (χ4v) is 6.20. The molecule has 0 saturated carbocycles. The lowest BCUT2D eigenvalue weighted by Gasteiger charge is -2.29. The van der Waals surface area contributed by atoms with Gasteiger partial charge in [0.1, 0.15) is 0 Å². The van der Waals surface area contributed by atoms with Gasteiger partial charge < -0.3 is 5.32 Å². The first-order valence-electron chi connectivity index (χ1n) is 10.6. The Labute approximate surface area is 183 Å². The van der Waals surface area contributed by atoms with Gasteiger partial charge in [0, 0.05) is 25.2 Å². The Morgan fingerprint density at radius 2 is 1.90 bits per heavy atom. The summed E-state index contributed by atoms with van der Waals surface area (Å²) in [5.41, 5.74) is 1.56. The number of benzene rings is 1. The lowest BCUT2D eigenvalue weighted by Crippen LogP contribution is -2.38. The molecule has 30 heavy (non-hydrogen) atoms. The number of nitrogens with zero attached hydrogens (tertiary/aromatic N) is 2. The van der Waals surface area contributed by atoms with Crippen LogP contribution in [0.4, 0.5) is 0 Å². The van der Waals surface area contributed by atoms with Crippen molar-refractivity contribution in [3.63, 3.8) is 0 Å². The van der Waals surface area contributed by atoms with Gasteiger partial charge in [0.15, 0.2) is 0 Å². The number of sulfonamides is 1. The number of likely N-dealkylation sites (N-methyl/N-ethyl adjacent to an activating group) is 1. The second kappa shape index (κ2) is 10.5. The fraction of sp³-hybridized carbons (Fsp3) is 0.500. The summed E-state index contributed by atoms with van der Waals surface area (Å²) in [6.45, 7) is 7.56. The quantitative estimate of drug-likeness (QED) is 0.633. The third kappa shape index (κ3) is 5.29. The lowest BCUT2D eigenvalue weighted by molar-refractivity contribution is 0.0935. The highest BCUT2D eigenvalue weighted by Crippen LogP contribution is 2.23. The number of carbonyl (C=O) groups is 1. The maximum absolute atomic E-state index is 12.9. The molecule has 2 heterocycles. The third-order valence-corrected chi connectivity index (χ3v) is 8.28. The Balaban J connectivity index is 1.73. The molecular formula is C22H31N3O3S2. The van der Waals surface area contributed by atoms with Crippen molar-refractivity contribution in [1.82, 2.24) is 14.5 Å². The van der Waals surface area contributed by atoms with Gasteiger partial charge >= 0.3 is 0 Å². The topological polar surface area (TPSA) is 69.7 Å². The maximum Gasteiger partial charge on any atom is 0.251 e. The zero-order valence-corrected chi connectivity index (χ0v) is 19.3. The molecule has 8 heteroatoms. The smallest absolute Gasteiger partial charge is 0.251 e. The van der Waals surface area contributed by atoms with Gasteiger partial charge in [0.05, 0.1) is 10.9 Å². The highest BCUT2D eigenvalue weighted by molar-refractivity contribution is 7.89. The molecule has 1 fully saturated rings. The van der Waals surface area contributed by atoms with Crippen molar-refractivity contribution in [2.45, 2.75) is 44.0 Å². The second-order valence-corrected chi connectivity index (χ2v) is 10.2. The summed E-state index contributed by atoms with van der Waals surface area (Å²) in [5.74, 6) is -0.252. The summed E-state index contributed by atoms with van der Waals surface area (Å²) < 4.78 is 27.4. The van der Waals surface area contributed by atoms with Crippen LogP contribution < -0.4 is 5.32 Å². The van der Waals surface area contributed by atoms with E-state index in [-0.39, 0.29) is 16.8 Å². The number of amides is 1. The molecule has 6 nitrogen and oxygen atoms in total. The second-order valence-electron chi connectivity index (χ2n) is 7.50. The van der Waals surface area contributed by atoms with Crippen LogP contribution in [0.15, 0.2) is 46.0 Å². The van der Waals surface area contributed by atoms with Crippen LogP contribution in [0.3, 0.4) is 0 Å². The van der Waals surface area contributed by atoms with E-state index in [2.05, 4.69) is 35.5 Å². The van der Waals surface area contributed by atoms with Gasteiger partial charge in [-0.25, -0.2) is 8.42 Å². The number of carbonyl (C=O) groups excluding carboxylic acids is 1. The van der Waals surface area contributed by atoms with Crippen LogP contribution in [0, 0.1) is 0 Å². The molecule has 1 aliphatic heterocycles. The average Bonchev–Trinajstić information content (AvgIpc) is 3.31. The molecule has 2 aromatic rings. The molecule has 1 amide bonds. The first-order chi connectivity index (χ1) is 14.5. The molecule has 1 N–H and O–H groups in total. The predicted octanol–water partition coefficient (Wildman–Crippen LogP) is 3.74. The minimum atomic E-state index is -3.56. The van der Waals surface area contributed by atoms with E-state index in [0.717, 1.165) is 32.4 Å². The average molecular weight is 450 g/mol.